The molecule has 0 bridgehead atoms. The summed E-state index contributed by atoms with van der Waals surface area (Å²) in [5.74, 6) is -0.215. The molecule has 6 heteroatoms. The van der Waals surface area contributed by atoms with E-state index in [2.05, 4.69) is 0 Å². The topological polar surface area (TPSA) is 17.1 Å². The average molecular weight is 364 g/mol. The van der Waals surface area contributed by atoms with E-state index >= 15 is 0 Å². The lowest BCUT2D eigenvalue weighted by molar-refractivity contribution is -0.133. The largest absolute Gasteiger partial charge is 0.426 e. The van der Waals surface area contributed by atoms with Crippen molar-refractivity contribution in [1.29, 1.82) is 0 Å². The van der Waals surface area contributed by atoms with E-state index in [1.165, 1.54) is 29.6 Å². The molecule has 0 atom stereocenters. The summed E-state index contributed by atoms with van der Waals surface area (Å²) in [7, 11) is 0. The second kappa shape index (κ2) is 6.75. The number of alkyl halides is 3. The van der Waals surface area contributed by atoms with Crippen molar-refractivity contribution in [1.82, 2.24) is 0 Å². The number of benzene rings is 1. The fourth-order valence-corrected chi connectivity index (χ4v) is 3.79. The average Bonchev–Trinajstić information content (AvgIpc) is 3.22. The lowest BCUT2D eigenvalue weighted by atomic mass is 10.1. The molecule has 0 N–H and O–H groups in total. The molecular weight excluding hydrogens is 353 g/mol. The maximum atomic E-state index is 13.3. The number of hydrogen-bond acceptors (Lipinski definition) is 3. The summed E-state index contributed by atoms with van der Waals surface area (Å²) in [5.41, 5.74) is 0.640. The van der Waals surface area contributed by atoms with Crippen molar-refractivity contribution in [3.05, 3.63) is 74.6 Å². The number of thiophene rings is 2. The van der Waals surface area contributed by atoms with Crippen LogP contribution in [0.25, 0.3) is 17.2 Å². The van der Waals surface area contributed by atoms with Gasteiger partial charge in [0.2, 0.25) is 0 Å². The van der Waals surface area contributed by atoms with Crippen LogP contribution in [0.5, 0.6) is 0 Å². The minimum atomic E-state index is -4.43. The number of halogens is 3. The first kappa shape index (κ1) is 16.7. The second-order valence-electron chi connectivity index (χ2n) is 4.93. The predicted octanol–water partition coefficient (Wildman–Crippen LogP) is 6.39. The summed E-state index contributed by atoms with van der Waals surface area (Å²) < 4.78 is 39.9. The standard InChI is InChI=1S/C18H11F3OS2/c19-18(20,21)17-14(12-5-2-1-3-6-12)11-13(24-17)8-9-15(22)16-7-4-10-23-16/h1-11H. The number of carbonyl (C=O) groups is 1. The summed E-state index contributed by atoms with van der Waals surface area (Å²) in [6.07, 6.45) is -1.68. The zero-order chi connectivity index (χ0) is 17.2. The third kappa shape index (κ3) is 3.66. The minimum absolute atomic E-state index is 0.135. The molecule has 0 aliphatic heterocycles. The number of hydrogen-bond donors (Lipinski definition) is 0. The zero-order valence-electron chi connectivity index (χ0n) is 12.2. The smallest absolute Gasteiger partial charge is 0.288 e. The van der Waals surface area contributed by atoms with Gasteiger partial charge in [0.05, 0.1) is 4.88 Å². The quantitative estimate of drug-likeness (QED) is 0.387. The Hall–Kier alpha value is -2.18. The first-order valence-corrected chi connectivity index (χ1v) is 8.67. The van der Waals surface area contributed by atoms with E-state index in [0.717, 1.165) is 0 Å². The van der Waals surface area contributed by atoms with Crippen LogP contribution in [-0.4, -0.2) is 5.78 Å². The second-order valence-corrected chi connectivity index (χ2v) is 6.96. The Bertz CT molecular complexity index is 860. The molecule has 1 aromatic carbocycles. The molecule has 0 amide bonds. The number of carbonyl (C=O) groups excluding carboxylic acids is 1. The fraction of sp³-hybridized carbons (Fsp3) is 0.0556. The zero-order valence-corrected chi connectivity index (χ0v) is 13.8. The predicted molar refractivity (Wildman–Crippen MR) is 92.4 cm³/mol. The molecular formula is C18H11F3OS2. The van der Waals surface area contributed by atoms with Gasteiger partial charge in [0.25, 0.3) is 0 Å². The molecule has 3 aromatic rings. The van der Waals surface area contributed by atoms with Crippen molar-refractivity contribution >= 4 is 34.5 Å². The summed E-state index contributed by atoms with van der Waals surface area (Å²) in [6, 6.07) is 13.3. The van der Waals surface area contributed by atoms with Crippen LogP contribution in [0.4, 0.5) is 13.2 Å². The maximum absolute atomic E-state index is 13.3. The Balaban J connectivity index is 1.96. The van der Waals surface area contributed by atoms with Crippen molar-refractivity contribution in [2.45, 2.75) is 6.18 Å². The van der Waals surface area contributed by atoms with Crippen LogP contribution in [0.15, 0.2) is 60.0 Å². The molecule has 0 radical (unpaired) electrons. The number of ketones is 1. The Morgan fingerprint density at radius 3 is 2.42 bits per heavy atom. The van der Waals surface area contributed by atoms with Crippen LogP contribution in [0, 0.1) is 0 Å². The van der Waals surface area contributed by atoms with Gasteiger partial charge in [-0.3, -0.25) is 4.79 Å². The minimum Gasteiger partial charge on any atom is -0.288 e. The first-order valence-electron chi connectivity index (χ1n) is 6.97. The van der Waals surface area contributed by atoms with Gasteiger partial charge in [0, 0.05) is 10.4 Å². The molecule has 0 aliphatic rings. The summed E-state index contributed by atoms with van der Waals surface area (Å²) in [5, 5.41) is 1.78. The molecule has 122 valence electrons. The summed E-state index contributed by atoms with van der Waals surface area (Å²) in [4.78, 5) is 12.2. The molecule has 0 aliphatic carbocycles. The van der Waals surface area contributed by atoms with Crippen LogP contribution in [0.1, 0.15) is 19.4 Å². The van der Waals surface area contributed by atoms with E-state index in [0.29, 0.717) is 26.7 Å². The number of rotatable bonds is 4. The van der Waals surface area contributed by atoms with Crippen LogP contribution < -0.4 is 0 Å². The normalized spacial score (nSPS) is 12.0. The maximum Gasteiger partial charge on any atom is 0.426 e. The van der Waals surface area contributed by atoms with E-state index in [1.54, 1.807) is 47.8 Å². The molecule has 2 aromatic heterocycles. The highest BCUT2D eigenvalue weighted by atomic mass is 32.1. The van der Waals surface area contributed by atoms with Gasteiger partial charge in [0.15, 0.2) is 5.78 Å². The Morgan fingerprint density at radius 2 is 1.79 bits per heavy atom. The lowest BCUT2D eigenvalue weighted by Crippen LogP contribution is -2.03. The summed E-state index contributed by atoms with van der Waals surface area (Å²) in [6.45, 7) is 0. The van der Waals surface area contributed by atoms with Crippen molar-refractivity contribution < 1.29 is 18.0 Å². The molecule has 0 saturated heterocycles. The Labute approximate surface area is 144 Å². The van der Waals surface area contributed by atoms with E-state index in [9.17, 15) is 18.0 Å². The van der Waals surface area contributed by atoms with E-state index in [1.807, 2.05) is 0 Å². The molecule has 0 saturated carbocycles. The number of allylic oxidation sites excluding steroid dienone is 1. The van der Waals surface area contributed by atoms with Gasteiger partial charge in [-0.15, -0.1) is 22.7 Å². The van der Waals surface area contributed by atoms with Gasteiger partial charge in [-0.1, -0.05) is 36.4 Å². The Kier molecular flexibility index (Phi) is 4.69. The lowest BCUT2D eigenvalue weighted by Gasteiger charge is -2.07. The van der Waals surface area contributed by atoms with E-state index in [4.69, 9.17) is 0 Å². The first-order chi connectivity index (χ1) is 11.4. The molecule has 1 nitrogen and oxygen atoms in total. The highest BCUT2D eigenvalue weighted by Crippen LogP contribution is 2.43. The van der Waals surface area contributed by atoms with E-state index in [-0.39, 0.29) is 11.3 Å². The molecule has 3 rings (SSSR count). The van der Waals surface area contributed by atoms with Crippen LogP contribution in [0.3, 0.4) is 0 Å². The van der Waals surface area contributed by atoms with Crippen molar-refractivity contribution in [3.63, 3.8) is 0 Å². The highest BCUT2D eigenvalue weighted by molar-refractivity contribution is 7.13. The highest BCUT2D eigenvalue weighted by Gasteiger charge is 2.36. The Morgan fingerprint density at radius 1 is 1.04 bits per heavy atom. The van der Waals surface area contributed by atoms with Gasteiger partial charge < -0.3 is 0 Å². The van der Waals surface area contributed by atoms with Gasteiger partial charge >= 0.3 is 6.18 Å². The molecule has 24 heavy (non-hydrogen) atoms. The SMILES string of the molecule is O=C(C=Cc1cc(-c2ccccc2)c(C(F)(F)F)s1)c1cccs1. The molecule has 2 heterocycles. The van der Waals surface area contributed by atoms with Gasteiger partial charge in [-0.2, -0.15) is 13.2 Å². The monoisotopic (exact) mass is 364 g/mol. The molecule has 0 fully saturated rings. The molecule has 0 unspecified atom stereocenters. The van der Waals surface area contributed by atoms with Crippen molar-refractivity contribution in [2.75, 3.05) is 0 Å². The van der Waals surface area contributed by atoms with E-state index < -0.39 is 11.1 Å². The fourth-order valence-electron chi connectivity index (χ4n) is 2.19. The van der Waals surface area contributed by atoms with Gasteiger partial charge in [-0.25, -0.2) is 0 Å². The summed E-state index contributed by atoms with van der Waals surface area (Å²) >= 11 is 1.94. The van der Waals surface area contributed by atoms with Crippen molar-refractivity contribution in [2.24, 2.45) is 0 Å². The van der Waals surface area contributed by atoms with Crippen molar-refractivity contribution in [3.8, 4) is 11.1 Å². The van der Waals surface area contributed by atoms with Crippen LogP contribution >= 0.6 is 22.7 Å². The van der Waals surface area contributed by atoms with Gasteiger partial charge in [-0.05, 0) is 35.2 Å². The van der Waals surface area contributed by atoms with Gasteiger partial charge in [0.1, 0.15) is 4.88 Å². The third-order valence-corrected chi connectivity index (χ3v) is 5.29. The van der Waals surface area contributed by atoms with Crippen LogP contribution in [0.2, 0.25) is 0 Å². The molecule has 0 spiro atoms. The third-order valence-electron chi connectivity index (χ3n) is 3.26. The van der Waals surface area contributed by atoms with Crippen LogP contribution in [-0.2, 0) is 6.18 Å².